The van der Waals surface area contributed by atoms with Gasteiger partial charge in [0.05, 0.1) is 40.8 Å². The molecule has 7 rings (SSSR count). The quantitative estimate of drug-likeness (QED) is 0.0448. The summed E-state index contributed by atoms with van der Waals surface area (Å²) < 4.78 is 13.3. The van der Waals surface area contributed by atoms with Crippen LogP contribution in [0.1, 0.15) is 73.7 Å². The number of carbonyl (C=O) groups is 4. The van der Waals surface area contributed by atoms with Gasteiger partial charge in [-0.25, -0.2) is 4.98 Å². The topological polar surface area (TPSA) is 181 Å². The van der Waals surface area contributed by atoms with Gasteiger partial charge >= 0.3 is 0 Å². The maximum atomic E-state index is 13.8. The summed E-state index contributed by atoms with van der Waals surface area (Å²) in [5.74, 6) is -0.978. The third-order valence-electron chi connectivity index (χ3n) is 12.5. The second-order valence-corrected chi connectivity index (χ2v) is 18.9. The molecule has 2 aromatic heterocycles. The Bertz CT molecular complexity index is 2720. The first-order chi connectivity index (χ1) is 34.4. The van der Waals surface area contributed by atoms with Crippen molar-refractivity contribution in [1.29, 1.82) is 0 Å². The third kappa shape index (κ3) is 14.1. The van der Waals surface area contributed by atoms with E-state index in [-0.39, 0.29) is 56.9 Å². The van der Waals surface area contributed by atoms with Gasteiger partial charge in [-0.3, -0.25) is 23.9 Å². The fraction of sp³-hybridized carbons (Fsp3) is 0.364. The number of likely N-dealkylation sites (N-methyl/N-ethyl adjacent to an activating group) is 1. The molecule has 0 bridgehead atoms. The van der Waals surface area contributed by atoms with Crippen molar-refractivity contribution in [1.82, 2.24) is 40.4 Å². The summed E-state index contributed by atoms with van der Waals surface area (Å²) >= 11 is 1.57. The summed E-state index contributed by atoms with van der Waals surface area (Å²) in [6, 6.07) is 35.1. The van der Waals surface area contributed by atoms with Gasteiger partial charge in [0.25, 0.3) is 0 Å². The Hall–Kier alpha value is -7.01. The van der Waals surface area contributed by atoms with Crippen LogP contribution in [0.25, 0.3) is 21.6 Å². The molecular formula is C55H64N8O7S. The van der Waals surface area contributed by atoms with Crippen LogP contribution in [0.15, 0.2) is 121 Å². The number of amides is 4. The van der Waals surface area contributed by atoms with Gasteiger partial charge in [-0.2, -0.15) is 0 Å². The van der Waals surface area contributed by atoms with E-state index in [9.17, 15) is 24.3 Å². The maximum Gasteiger partial charge on any atom is 0.246 e. The number of aliphatic hydroxyl groups excluding tert-OH is 1. The fourth-order valence-corrected chi connectivity index (χ4v) is 9.42. The molecule has 0 aliphatic carbocycles. The van der Waals surface area contributed by atoms with Crippen molar-refractivity contribution in [2.45, 2.75) is 84.7 Å². The Morgan fingerprint density at radius 2 is 1.59 bits per heavy atom. The first kappa shape index (κ1) is 51.8. The number of aromatic nitrogens is 4. The standard InChI is InChI=1S/C55H64N8O7S/c1-6-47(40-14-9-7-10-15-40)51(41-16-11-8-12-17-41)42-22-24-46(25-23-42)70-29-27-61(5)50(66)30-44-33-62(60-59-44)26-13-28-69-35-49(65)58-52(37(2)3)55(68)63-34-45(64)31-48(63)54(67)56-32-39-18-20-43(21-19-39)53-38(4)57-36-71-53/h7-12,14-25,33,36-37,45,48,52,64H,6,13,26-32,34-35H2,1-5H3,(H,56,67)(H,58,65)/b51-47-/t45-,48+,52+/m1/s1. The van der Waals surface area contributed by atoms with Crippen molar-refractivity contribution in [3.8, 4) is 16.2 Å². The third-order valence-corrected chi connectivity index (χ3v) is 13.5. The minimum absolute atomic E-state index is 0.0133. The molecule has 3 atom stereocenters. The van der Waals surface area contributed by atoms with E-state index in [0.29, 0.717) is 31.8 Å². The van der Waals surface area contributed by atoms with E-state index in [1.165, 1.54) is 21.6 Å². The van der Waals surface area contributed by atoms with Gasteiger partial charge in [-0.1, -0.05) is 123 Å². The lowest BCUT2D eigenvalue weighted by Crippen LogP contribution is -2.55. The summed E-state index contributed by atoms with van der Waals surface area (Å²) in [5, 5.41) is 24.6. The van der Waals surface area contributed by atoms with Crippen molar-refractivity contribution in [2.75, 3.05) is 40.0 Å². The molecule has 3 N–H and O–H groups in total. The van der Waals surface area contributed by atoms with Gasteiger partial charge in [0, 0.05) is 45.9 Å². The Kier molecular flexibility index (Phi) is 18.4. The van der Waals surface area contributed by atoms with Crippen LogP contribution in [0.2, 0.25) is 0 Å². The maximum absolute atomic E-state index is 13.8. The Morgan fingerprint density at radius 3 is 2.25 bits per heavy atom. The Balaban J connectivity index is 0.804. The van der Waals surface area contributed by atoms with Crippen LogP contribution in [-0.2, 0) is 43.4 Å². The van der Waals surface area contributed by atoms with Crippen LogP contribution >= 0.6 is 11.3 Å². The summed E-state index contributed by atoms with van der Waals surface area (Å²) in [5.41, 5.74) is 11.1. The summed E-state index contributed by atoms with van der Waals surface area (Å²) in [7, 11) is 1.74. The molecule has 1 fully saturated rings. The van der Waals surface area contributed by atoms with Gasteiger partial charge in [-0.05, 0) is 76.8 Å². The van der Waals surface area contributed by atoms with Crippen LogP contribution in [0, 0.1) is 12.8 Å². The van der Waals surface area contributed by atoms with Crippen molar-refractivity contribution < 1.29 is 33.8 Å². The SMILES string of the molecule is CC/C(=C(\c1ccccc1)c1ccc(OCCN(C)C(=O)Cc2cn(CCCOCC(=O)N[C@H](C(=O)N3C[C@H](O)C[C@H]3C(=O)NCc3ccc(-c4scnc4C)cc3)C(C)C)nn2)cc1)c1ccccc1. The predicted molar refractivity (Wildman–Crippen MR) is 275 cm³/mol. The van der Waals surface area contributed by atoms with E-state index >= 15 is 0 Å². The van der Waals surface area contributed by atoms with Crippen LogP contribution in [0.4, 0.5) is 0 Å². The zero-order valence-electron chi connectivity index (χ0n) is 41.1. The van der Waals surface area contributed by atoms with E-state index < -0.39 is 30.0 Å². The molecule has 16 heteroatoms. The van der Waals surface area contributed by atoms with Gasteiger partial charge in [0.15, 0.2) is 0 Å². The van der Waals surface area contributed by atoms with Gasteiger partial charge in [0.1, 0.15) is 31.0 Å². The van der Waals surface area contributed by atoms with Crippen LogP contribution in [0.3, 0.4) is 0 Å². The molecule has 15 nitrogen and oxygen atoms in total. The number of nitrogens with one attached hydrogen (secondary N) is 2. The number of carbonyl (C=O) groups excluding carboxylic acids is 4. The number of hydrogen-bond acceptors (Lipinski definition) is 11. The number of aliphatic hydroxyl groups is 1. The van der Waals surface area contributed by atoms with E-state index in [4.69, 9.17) is 9.47 Å². The molecule has 0 saturated carbocycles. The van der Waals surface area contributed by atoms with E-state index in [0.717, 1.165) is 45.0 Å². The molecule has 0 unspecified atom stereocenters. The molecule has 1 aliphatic heterocycles. The minimum Gasteiger partial charge on any atom is -0.492 e. The molecule has 1 saturated heterocycles. The lowest BCUT2D eigenvalue weighted by atomic mass is 9.88. The van der Waals surface area contributed by atoms with Crippen molar-refractivity contribution in [2.24, 2.45) is 5.92 Å². The minimum atomic E-state index is -0.925. The highest BCUT2D eigenvalue weighted by molar-refractivity contribution is 7.13. The molecule has 3 heterocycles. The molecule has 372 valence electrons. The number of ether oxygens (including phenoxy) is 2. The highest BCUT2D eigenvalue weighted by atomic mass is 32.1. The summed E-state index contributed by atoms with van der Waals surface area (Å²) in [6.07, 6.45) is 2.43. The predicted octanol–water partition coefficient (Wildman–Crippen LogP) is 6.98. The molecule has 4 amide bonds. The Labute approximate surface area is 419 Å². The van der Waals surface area contributed by atoms with Crippen molar-refractivity contribution >= 4 is 46.1 Å². The van der Waals surface area contributed by atoms with E-state index in [2.05, 4.69) is 93.5 Å². The normalized spacial score (nSPS) is 15.3. The molecule has 0 spiro atoms. The van der Waals surface area contributed by atoms with Crippen LogP contribution in [-0.4, -0.2) is 117 Å². The molecule has 0 radical (unpaired) electrons. The molecule has 1 aliphatic rings. The van der Waals surface area contributed by atoms with Crippen molar-refractivity contribution in [3.63, 3.8) is 0 Å². The van der Waals surface area contributed by atoms with E-state index in [1.54, 1.807) is 34.2 Å². The number of rotatable bonds is 23. The first-order valence-corrected chi connectivity index (χ1v) is 25.1. The van der Waals surface area contributed by atoms with Crippen LogP contribution < -0.4 is 15.4 Å². The number of benzene rings is 4. The second kappa shape index (κ2) is 25.2. The number of aryl methyl sites for hydroxylation is 2. The molecule has 6 aromatic rings. The highest BCUT2D eigenvalue weighted by Gasteiger charge is 2.42. The average molecular weight is 981 g/mol. The first-order valence-electron chi connectivity index (χ1n) is 24.2. The van der Waals surface area contributed by atoms with Crippen molar-refractivity contribution in [3.05, 3.63) is 155 Å². The number of thiazole rings is 1. The largest absolute Gasteiger partial charge is 0.492 e. The number of allylic oxidation sites excluding steroid dienone is 1. The molecular weight excluding hydrogens is 917 g/mol. The molecule has 71 heavy (non-hydrogen) atoms. The van der Waals surface area contributed by atoms with Gasteiger partial charge < -0.3 is 35.0 Å². The zero-order chi connectivity index (χ0) is 50.3. The molecule has 4 aromatic carbocycles. The van der Waals surface area contributed by atoms with Gasteiger partial charge in [-0.15, -0.1) is 16.4 Å². The number of hydrogen-bond donors (Lipinski definition) is 3. The monoisotopic (exact) mass is 980 g/mol. The van der Waals surface area contributed by atoms with E-state index in [1.807, 2.05) is 74.8 Å². The lowest BCUT2D eigenvalue weighted by molar-refractivity contribution is -0.143. The summed E-state index contributed by atoms with van der Waals surface area (Å²) in [6.45, 7) is 9.13. The fourth-order valence-electron chi connectivity index (χ4n) is 8.61. The zero-order valence-corrected chi connectivity index (χ0v) is 41.9. The van der Waals surface area contributed by atoms with Crippen LogP contribution in [0.5, 0.6) is 5.75 Å². The number of β-amino-alcohol motifs (C(OH)–C–C–N with tert-alkyl or cyclic N) is 1. The number of nitrogens with zero attached hydrogens (tertiary/aromatic N) is 6. The second-order valence-electron chi connectivity index (χ2n) is 18.0. The highest BCUT2D eigenvalue weighted by Crippen LogP contribution is 2.35. The lowest BCUT2D eigenvalue weighted by Gasteiger charge is -2.30. The summed E-state index contributed by atoms with van der Waals surface area (Å²) in [4.78, 5) is 61.7. The Morgan fingerprint density at radius 1 is 0.901 bits per heavy atom. The van der Waals surface area contributed by atoms with Gasteiger partial charge in [0.2, 0.25) is 23.6 Å². The smallest absolute Gasteiger partial charge is 0.246 e. The average Bonchev–Trinajstić information content (AvgIpc) is 4.14. The number of likely N-dealkylation sites (tertiary alicyclic amines) is 1.